The minimum Gasteiger partial charge on any atom is -0.444 e. The van der Waals surface area contributed by atoms with Crippen molar-refractivity contribution < 1.29 is 22.3 Å². The number of halogens is 1. The minimum atomic E-state index is -3.82. The molecule has 0 aliphatic carbocycles. The molecule has 9 heteroatoms. The van der Waals surface area contributed by atoms with Crippen LogP contribution in [0.2, 0.25) is 0 Å². The molecule has 7 nitrogen and oxygen atoms in total. The molecule has 0 aliphatic rings. The average Bonchev–Trinajstić information content (AvgIpc) is 2.80. The van der Waals surface area contributed by atoms with Crippen molar-refractivity contribution >= 4 is 15.9 Å². The van der Waals surface area contributed by atoms with Gasteiger partial charge < -0.3 is 10.1 Å². The summed E-state index contributed by atoms with van der Waals surface area (Å²) in [5, 5.41) is 6.87. The van der Waals surface area contributed by atoms with Crippen LogP contribution in [0.15, 0.2) is 34.1 Å². The molecule has 27 heavy (non-hydrogen) atoms. The third kappa shape index (κ3) is 5.06. The van der Waals surface area contributed by atoms with Crippen LogP contribution in [0.3, 0.4) is 0 Å². The summed E-state index contributed by atoms with van der Waals surface area (Å²) in [5.41, 5.74) is 0.190. The van der Waals surface area contributed by atoms with Gasteiger partial charge in [0.2, 0.25) is 9.84 Å². The molecular weight excluding hydrogens is 373 g/mol. The summed E-state index contributed by atoms with van der Waals surface area (Å²) in [6.45, 7) is 9.05. The van der Waals surface area contributed by atoms with Gasteiger partial charge in [0, 0.05) is 6.54 Å². The molecule has 0 fully saturated rings. The highest BCUT2D eigenvalue weighted by molar-refractivity contribution is 7.91. The maximum atomic E-state index is 13.1. The zero-order valence-corrected chi connectivity index (χ0v) is 16.9. The Kier molecular flexibility index (Phi) is 5.94. The second kappa shape index (κ2) is 7.67. The van der Waals surface area contributed by atoms with Crippen LogP contribution < -0.4 is 5.32 Å². The first-order chi connectivity index (χ1) is 12.4. The number of nitrogens with zero attached hydrogens (tertiary/aromatic N) is 2. The Morgan fingerprint density at radius 1 is 1.22 bits per heavy atom. The van der Waals surface area contributed by atoms with Crippen molar-refractivity contribution in [2.45, 2.75) is 56.6 Å². The van der Waals surface area contributed by atoms with E-state index in [1.165, 1.54) is 16.8 Å². The maximum absolute atomic E-state index is 13.1. The lowest BCUT2D eigenvalue weighted by molar-refractivity contribution is 0.0525. The lowest BCUT2D eigenvalue weighted by Gasteiger charge is -2.19. The predicted molar refractivity (Wildman–Crippen MR) is 97.8 cm³/mol. The van der Waals surface area contributed by atoms with E-state index in [9.17, 15) is 17.6 Å². The van der Waals surface area contributed by atoms with E-state index in [0.29, 0.717) is 11.4 Å². The van der Waals surface area contributed by atoms with Gasteiger partial charge in [0.15, 0.2) is 0 Å². The first-order valence-electron chi connectivity index (χ1n) is 8.43. The van der Waals surface area contributed by atoms with E-state index in [4.69, 9.17) is 4.74 Å². The lowest BCUT2D eigenvalue weighted by Crippen LogP contribution is -2.34. The van der Waals surface area contributed by atoms with Crippen molar-refractivity contribution in [3.05, 3.63) is 41.5 Å². The fraction of sp³-hybridized carbons (Fsp3) is 0.444. The monoisotopic (exact) mass is 397 g/mol. The fourth-order valence-corrected chi connectivity index (χ4v) is 4.25. The van der Waals surface area contributed by atoms with Gasteiger partial charge in [0.1, 0.15) is 16.3 Å². The van der Waals surface area contributed by atoms with Gasteiger partial charge in [0.25, 0.3) is 0 Å². The maximum Gasteiger partial charge on any atom is 0.407 e. The first kappa shape index (κ1) is 20.9. The van der Waals surface area contributed by atoms with Crippen molar-refractivity contribution in [3.8, 4) is 0 Å². The number of amides is 1. The summed E-state index contributed by atoms with van der Waals surface area (Å²) in [4.78, 5) is 11.8. The highest BCUT2D eigenvalue weighted by atomic mass is 32.2. The molecule has 1 N–H and O–H groups in total. The number of sulfone groups is 1. The summed E-state index contributed by atoms with van der Waals surface area (Å²) in [5.74, 6) is -0.508. The molecule has 1 heterocycles. The Labute approximate surface area is 158 Å². The summed E-state index contributed by atoms with van der Waals surface area (Å²) in [7, 11) is -3.82. The number of alkyl carbamates (subject to hydrolysis) is 1. The molecule has 1 aromatic carbocycles. The van der Waals surface area contributed by atoms with Crippen molar-refractivity contribution in [3.63, 3.8) is 0 Å². The molecular formula is C18H24FN3O4S. The zero-order valence-electron chi connectivity index (χ0n) is 16.0. The Bertz CT molecular complexity index is 929. The number of ether oxygens (including phenoxy) is 1. The second-order valence-corrected chi connectivity index (χ2v) is 9.00. The smallest absolute Gasteiger partial charge is 0.407 e. The van der Waals surface area contributed by atoms with Crippen LogP contribution in [-0.2, 0) is 21.1 Å². The van der Waals surface area contributed by atoms with Crippen LogP contribution in [0.1, 0.15) is 32.2 Å². The molecule has 0 atom stereocenters. The van der Waals surface area contributed by atoms with Gasteiger partial charge in [-0.05, 0) is 58.9 Å². The highest BCUT2D eigenvalue weighted by Gasteiger charge is 2.26. The second-order valence-electron chi connectivity index (χ2n) is 7.11. The molecule has 2 rings (SSSR count). The average molecular weight is 397 g/mol. The third-order valence-electron chi connectivity index (χ3n) is 3.70. The van der Waals surface area contributed by atoms with Gasteiger partial charge in [-0.1, -0.05) is 0 Å². The molecule has 0 radical (unpaired) electrons. The molecule has 0 saturated heterocycles. The van der Waals surface area contributed by atoms with Crippen LogP contribution in [0.5, 0.6) is 0 Å². The van der Waals surface area contributed by atoms with Crippen molar-refractivity contribution in [2.75, 3.05) is 6.54 Å². The molecule has 0 aliphatic heterocycles. The van der Waals surface area contributed by atoms with E-state index in [2.05, 4.69) is 10.4 Å². The predicted octanol–water partition coefficient (Wildman–Crippen LogP) is 3.00. The van der Waals surface area contributed by atoms with Gasteiger partial charge in [-0.3, -0.25) is 4.68 Å². The van der Waals surface area contributed by atoms with E-state index in [-0.39, 0.29) is 22.9 Å². The van der Waals surface area contributed by atoms with E-state index >= 15 is 0 Å². The zero-order chi connectivity index (χ0) is 20.4. The molecule has 1 aromatic heterocycles. The number of aryl methyl sites for hydroxylation is 1. The Balaban J connectivity index is 2.17. The van der Waals surface area contributed by atoms with Crippen molar-refractivity contribution in [1.82, 2.24) is 15.1 Å². The minimum absolute atomic E-state index is 0.00142. The molecule has 148 valence electrons. The van der Waals surface area contributed by atoms with E-state index in [1.54, 1.807) is 34.6 Å². The molecule has 0 bridgehead atoms. The molecule has 0 saturated carbocycles. The van der Waals surface area contributed by atoms with Crippen LogP contribution in [0.25, 0.3) is 0 Å². The fourth-order valence-electron chi connectivity index (χ4n) is 2.60. The standard InChI is InChI=1S/C18H24FN3O4S/c1-12-16(27(24,25)15-8-6-14(19)7-9-15)13(2)22(21-12)11-10-20-17(23)26-18(3,4)5/h6-9H,10-11H2,1-5H3,(H,20,23). The van der Waals surface area contributed by atoms with Gasteiger partial charge in [0.05, 0.1) is 22.8 Å². The largest absolute Gasteiger partial charge is 0.444 e. The highest BCUT2D eigenvalue weighted by Crippen LogP contribution is 2.26. The van der Waals surface area contributed by atoms with E-state index in [1.807, 2.05) is 0 Å². The summed E-state index contributed by atoms with van der Waals surface area (Å²) >= 11 is 0. The number of carbonyl (C=O) groups is 1. The van der Waals surface area contributed by atoms with Gasteiger partial charge in [-0.15, -0.1) is 0 Å². The number of benzene rings is 1. The van der Waals surface area contributed by atoms with Gasteiger partial charge in [-0.25, -0.2) is 17.6 Å². The molecule has 2 aromatic rings. The lowest BCUT2D eigenvalue weighted by atomic mass is 10.2. The normalized spacial score (nSPS) is 12.1. The SMILES string of the molecule is Cc1nn(CCNC(=O)OC(C)(C)C)c(C)c1S(=O)(=O)c1ccc(F)cc1. The Morgan fingerprint density at radius 3 is 2.37 bits per heavy atom. The van der Waals surface area contributed by atoms with Crippen LogP contribution in [0, 0.1) is 19.7 Å². The summed E-state index contributed by atoms with van der Waals surface area (Å²) in [6, 6.07) is 4.66. The Hall–Kier alpha value is -2.42. The van der Waals surface area contributed by atoms with Crippen LogP contribution >= 0.6 is 0 Å². The Morgan fingerprint density at radius 2 is 1.81 bits per heavy atom. The number of hydrogen-bond acceptors (Lipinski definition) is 5. The number of hydrogen-bond donors (Lipinski definition) is 1. The van der Waals surface area contributed by atoms with Gasteiger partial charge in [-0.2, -0.15) is 5.10 Å². The number of nitrogens with one attached hydrogen (secondary N) is 1. The van der Waals surface area contributed by atoms with Crippen LogP contribution in [-0.4, -0.2) is 36.4 Å². The van der Waals surface area contributed by atoms with Crippen molar-refractivity contribution in [1.29, 1.82) is 0 Å². The topological polar surface area (TPSA) is 90.3 Å². The van der Waals surface area contributed by atoms with E-state index in [0.717, 1.165) is 12.1 Å². The molecule has 0 spiro atoms. The quantitative estimate of drug-likeness (QED) is 0.784. The molecule has 1 amide bonds. The van der Waals surface area contributed by atoms with Crippen LogP contribution in [0.4, 0.5) is 9.18 Å². The number of carbonyl (C=O) groups excluding carboxylic acids is 1. The summed E-state index contributed by atoms with van der Waals surface area (Å²) < 4.78 is 45.5. The number of aromatic nitrogens is 2. The van der Waals surface area contributed by atoms with Gasteiger partial charge >= 0.3 is 6.09 Å². The van der Waals surface area contributed by atoms with E-state index < -0.39 is 27.3 Å². The number of rotatable bonds is 5. The third-order valence-corrected chi connectivity index (χ3v) is 5.72. The summed E-state index contributed by atoms with van der Waals surface area (Å²) in [6.07, 6.45) is -0.553. The van der Waals surface area contributed by atoms with Crippen molar-refractivity contribution in [2.24, 2.45) is 0 Å². The first-order valence-corrected chi connectivity index (χ1v) is 9.91. The molecule has 0 unspecified atom stereocenters.